The van der Waals surface area contributed by atoms with Gasteiger partial charge in [0.15, 0.2) is 0 Å². The molecule has 1 heterocycles. The Hall–Kier alpha value is -2.63. The summed E-state index contributed by atoms with van der Waals surface area (Å²) in [4.78, 5) is 8.96. The van der Waals surface area contributed by atoms with Gasteiger partial charge in [0.25, 0.3) is 0 Å². The zero-order valence-corrected chi connectivity index (χ0v) is 20.0. The summed E-state index contributed by atoms with van der Waals surface area (Å²) in [5.74, 6) is -0.811. The summed E-state index contributed by atoms with van der Waals surface area (Å²) in [5, 5.41) is 27.4. The molecule has 1 unspecified atom stereocenters. The zero-order valence-electron chi connectivity index (χ0n) is 19.2. The first kappa shape index (κ1) is 26.6. The second kappa shape index (κ2) is 11.0. The van der Waals surface area contributed by atoms with E-state index in [1.165, 1.54) is 19.2 Å². The number of aromatic nitrogens is 2. The van der Waals surface area contributed by atoms with Crippen LogP contribution in [0.1, 0.15) is 62.4 Å². The lowest BCUT2D eigenvalue weighted by Gasteiger charge is -2.22. The Morgan fingerprint density at radius 3 is 2.48 bits per heavy atom. The van der Waals surface area contributed by atoms with Crippen LogP contribution in [0.2, 0.25) is 0 Å². The van der Waals surface area contributed by atoms with Crippen LogP contribution in [0.5, 0.6) is 0 Å². The number of aliphatic hydroxyl groups is 2. The minimum absolute atomic E-state index is 0.00537. The van der Waals surface area contributed by atoms with E-state index < -0.39 is 28.1 Å². The molecular formula is C22H31FN5O4S-. The number of rotatable bonds is 10. The van der Waals surface area contributed by atoms with Gasteiger partial charge in [0.1, 0.15) is 5.83 Å². The Morgan fingerprint density at radius 1 is 1.30 bits per heavy atom. The highest BCUT2D eigenvalue weighted by Crippen LogP contribution is 2.33. The number of allylic oxidation sites excluding steroid dienone is 4. The molecule has 0 spiro atoms. The van der Waals surface area contributed by atoms with Crippen LogP contribution >= 0.6 is 0 Å². The van der Waals surface area contributed by atoms with E-state index in [-0.39, 0.29) is 37.0 Å². The lowest BCUT2D eigenvalue weighted by Crippen LogP contribution is -2.28. The first-order valence-electron chi connectivity index (χ1n) is 10.5. The minimum Gasteiger partial charge on any atom is -0.486 e. The molecule has 1 aliphatic rings. The van der Waals surface area contributed by atoms with Gasteiger partial charge in [-0.2, -0.15) is 0 Å². The summed E-state index contributed by atoms with van der Waals surface area (Å²) >= 11 is 0. The summed E-state index contributed by atoms with van der Waals surface area (Å²) in [7, 11) is -2.26. The molecule has 11 heteroatoms. The predicted octanol–water partition coefficient (Wildman–Crippen LogP) is 3.57. The third-order valence-electron chi connectivity index (χ3n) is 5.13. The molecule has 0 amide bonds. The van der Waals surface area contributed by atoms with E-state index in [1.54, 1.807) is 12.2 Å². The van der Waals surface area contributed by atoms with Gasteiger partial charge in [0.05, 0.1) is 29.9 Å². The molecule has 4 N–H and O–H groups in total. The van der Waals surface area contributed by atoms with Gasteiger partial charge in [-0.15, -0.1) is 0 Å². The SMILES string of the molecule is CC(C)c1nc(N(C)S(C)(=O)=O)nc(C2=CC=C(F)CC2)c1/C=C/[C@@H](O)CC(O)CC(=N)[NH-]. The molecule has 2 rings (SSSR count). The summed E-state index contributed by atoms with van der Waals surface area (Å²) in [6, 6.07) is 0. The number of anilines is 1. The van der Waals surface area contributed by atoms with Gasteiger partial charge < -0.3 is 21.4 Å². The standard InChI is InChI=1S/C22H31FN5O4S/c1-13(2)20-18(10-9-16(29)11-17(30)12-19(24)25)21(14-5-7-15(23)8-6-14)27-22(26-20)28(3)33(4,31)32/h5,7,9-10,13,16-17,29-30H,6,8,11-12H2,1-4H3,(H2-,24,25)/q-1/b10-9+/t16-,17?/m1/s1. The van der Waals surface area contributed by atoms with Gasteiger partial charge in [-0.1, -0.05) is 37.9 Å². The van der Waals surface area contributed by atoms with Crippen LogP contribution in [-0.4, -0.2) is 59.9 Å². The van der Waals surface area contributed by atoms with Crippen molar-refractivity contribution in [1.82, 2.24) is 9.97 Å². The van der Waals surface area contributed by atoms with E-state index in [0.717, 1.165) is 10.6 Å². The van der Waals surface area contributed by atoms with Crippen molar-refractivity contribution in [2.45, 2.75) is 57.7 Å². The molecule has 182 valence electrons. The van der Waals surface area contributed by atoms with Gasteiger partial charge in [-0.05, 0) is 30.4 Å². The Morgan fingerprint density at radius 2 is 1.97 bits per heavy atom. The second-order valence-electron chi connectivity index (χ2n) is 8.36. The zero-order chi connectivity index (χ0) is 24.9. The number of halogens is 1. The first-order valence-corrected chi connectivity index (χ1v) is 12.4. The van der Waals surface area contributed by atoms with Gasteiger partial charge in [-0.3, -0.25) is 0 Å². The monoisotopic (exact) mass is 480 g/mol. The van der Waals surface area contributed by atoms with E-state index in [1.807, 2.05) is 13.8 Å². The fourth-order valence-electron chi connectivity index (χ4n) is 3.31. The van der Waals surface area contributed by atoms with Crippen LogP contribution < -0.4 is 4.31 Å². The average Bonchev–Trinajstić information content (AvgIpc) is 2.70. The number of hydrogen-bond acceptors (Lipinski definition) is 7. The molecule has 1 aromatic rings. The van der Waals surface area contributed by atoms with Crippen LogP contribution in [-0.2, 0) is 10.0 Å². The molecule has 1 aromatic heterocycles. The van der Waals surface area contributed by atoms with Gasteiger partial charge in [-0.25, -0.2) is 27.1 Å². The van der Waals surface area contributed by atoms with Crippen LogP contribution in [0.4, 0.5) is 10.3 Å². The minimum atomic E-state index is -3.62. The van der Waals surface area contributed by atoms with E-state index in [9.17, 15) is 23.0 Å². The van der Waals surface area contributed by atoms with E-state index in [2.05, 4.69) is 9.97 Å². The lowest BCUT2D eigenvalue weighted by molar-refractivity contribution is 0.109. The molecule has 9 nitrogen and oxygen atoms in total. The topological polar surface area (TPSA) is 151 Å². The number of hydrogen-bond donors (Lipinski definition) is 3. The Bertz CT molecular complexity index is 1080. The van der Waals surface area contributed by atoms with Crippen molar-refractivity contribution >= 4 is 33.5 Å². The van der Waals surface area contributed by atoms with Crippen molar-refractivity contribution in [3.05, 3.63) is 46.7 Å². The Labute approximate surface area is 194 Å². The third kappa shape index (κ3) is 7.44. The maximum atomic E-state index is 13.6. The molecule has 1 aliphatic carbocycles. The number of nitrogens with zero attached hydrogens (tertiary/aromatic N) is 3. The largest absolute Gasteiger partial charge is 0.486 e. The molecule has 0 saturated carbocycles. The number of sulfonamides is 1. The van der Waals surface area contributed by atoms with Crippen LogP contribution in [0.3, 0.4) is 0 Å². The fraction of sp³-hybridized carbons (Fsp3) is 0.500. The highest BCUT2D eigenvalue weighted by Gasteiger charge is 2.23. The molecule has 0 bridgehead atoms. The maximum Gasteiger partial charge on any atom is 0.239 e. The molecule has 0 fully saturated rings. The first-order chi connectivity index (χ1) is 15.3. The van der Waals surface area contributed by atoms with Crippen LogP contribution in [0.25, 0.3) is 17.4 Å². The van der Waals surface area contributed by atoms with Crippen molar-refractivity contribution in [1.29, 1.82) is 5.41 Å². The molecule has 33 heavy (non-hydrogen) atoms. The molecule has 0 aliphatic heterocycles. The van der Waals surface area contributed by atoms with E-state index >= 15 is 0 Å². The summed E-state index contributed by atoms with van der Waals surface area (Å²) < 4.78 is 38.8. The third-order valence-corrected chi connectivity index (χ3v) is 6.29. The molecular weight excluding hydrogens is 449 g/mol. The molecule has 0 radical (unpaired) electrons. The lowest BCUT2D eigenvalue weighted by atomic mass is 9.93. The van der Waals surface area contributed by atoms with Crippen molar-refractivity contribution in [2.75, 3.05) is 17.6 Å². The summed E-state index contributed by atoms with van der Waals surface area (Å²) in [6.07, 6.45) is 5.35. The van der Waals surface area contributed by atoms with Gasteiger partial charge >= 0.3 is 0 Å². The van der Waals surface area contributed by atoms with E-state index in [0.29, 0.717) is 28.9 Å². The van der Waals surface area contributed by atoms with Crippen molar-refractivity contribution in [3.8, 4) is 0 Å². The Kier molecular flexibility index (Phi) is 8.87. The van der Waals surface area contributed by atoms with Crippen LogP contribution in [0, 0.1) is 5.41 Å². The van der Waals surface area contributed by atoms with Crippen molar-refractivity contribution < 1.29 is 23.0 Å². The number of aliphatic hydroxyl groups excluding tert-OH is 2. The normalized spacial score (nSPS) is 16.5. The highest BCUT2D eigenvalue weighted by molar-refractivity contribution is 7.92. The van der Waals surface area contributed by atoms with E-state index in [4.69, 9.17) is 11.1 Å². The van der Waals surface area contributed by atoms with Crippen molar-refractivity contribution in [2.24, 2.45) is 0 Å². The number of nitrogens with one attached hydrogen (secondary N) is 2. The predicted molar refractivity (Wildman–Crippen MR) is 128 cm³/mol. The highest BCUT2D eigenvalue weighted by atomic mass is 32.2. The summed E-state index contributed by atoms with van der Waals surface area (Å²) in [5.41, 5.74) is 9.42. The fourth-order valence-corrected chi connectivity index (χ4v) is 3.68. The van der Waals surface area contributed by atoms with Gasteiger partial charge in [0.2, 0.25) is 16.0 Å². The maximum absolute atomic E-state index is 13.6. The Balaban J connectivity index is 2.58. The van der Waals surface area contributed by atoms with Crippen molar-refractivity contribution in [3.63, 3.8) is 0 Å². The van der Waals surface area contributed by atoms with Crippen LogP contribution in [0.15, 0.2) is 24.1 Å². The smallest absolute Gasteiger partial charge is 0.239 e. The molecule has 0 aromatic carbocycles. The average molecular weight is 481 g/mol. The molecule has 2 atom stereocenters. The molecule has 0 saturated heterocycles. The number of amidine groups is 1. The quantitative estimate of drug-likeness (QED) is 0.344. The second-order valence-corrected chi connectivity index (χ2v) is 10.4. The summed E-state index contributed by atoms with van der Waals surface area (Å²) in [6.45, 7) is 3.78. The van der Waals surface area contributed by atoms with Gasteiger partial charge in [0, 0.05) is 25.5 Å².